The number of nitrogens with one attached hydrogen (secondary N) is 1. The number of fused-ring (bicyclic) bond motifs is 1. The number of carbonyl (C=O) groups excluding carboxylic acids is 2. The molecule has 2 saturated heterocycles. The number of alkyl carbamates (subject to hydrolysis) is 1. The number of cyclic esters (lactones) is 1. The summed E-state index contributed by atoms with van der Waals surface area (Å²) >= 11 is 6.31. The average molecular weight is 361 g/mol. The van der Waals surface area contributed by atoms with Crippen molar-refractivity contribution in [1.29, 1.82) is 0 Å². The lowest BCUT2D eigenvalue weighted by Crippen LogP contribution is -2.58. The number of rotatable bonds is 2. The van der Waals surface area contributed by atoms with Crippen LogP contribution in [0, 0.1) is 18.8 Å². The number of hydrogen-bond donors (Lipinski definition) is 1. The molecule has 2 atom stereocenters. The van der Waals surface area contributed by atoms with Gasteiger partial charge in [0.05, 0.1) is 5.54 Å². The molecule has 132 valence electrons. The fourth-order valence-electron chi connectivity index (χ4n) is 5.03. The standard InChI is InChI=1S/C19H21ClN2O3/c1-11-2-3-13(4-15(11)20)19-7-14(19)8-22(9-19)16(23)12-5-18(6-12)10-25-17(24)21-18/h2-4,12,14H,5-10H2,1H3,(H,21,24). The van der Waals surface area contributed by atoms with Gasteiger partial charge in [0, 0.05) is 29.4 Å². The maximum Gasteiger partial charge on any atom is 0.407 e. The number of halogens is 1. The van der Waals surface area contributed by atoms with Crippen LogP contribution in [0.25, 0.3) is 0 Å². The van der Waals surface area contributed by atoms with Crippen LogP contribution < -0.4 is 5.32 Å². The van der Waals surface area contributed by atoms with Crippen molar-refractivity contribution >= 4 is 23.6 Å². The molecule has 5 rings (SSSR count). The lowest BCUT2D eigenvalue weighted by Gasteiger charge is -2.43. The third-order valence-corrected chi connectivity index (χ3v) is 7.08. The Kier molecular flexibility index (Phi) is 3.04. The number of nitrogens with zero attached hydrogens (tertiary/aromatic N) is 1. The predicted molar refractivity (Wildman–Crippen MR) is 92.5 cm³/mol. The Morgan fingerprint density at radius 3 is 2.84 bits per heavy atom. The van der Waals surface area contributed by atoms with Gasteiger partial charge in [0.1, 0.15) is 6.61 Å². The molecule has 2 aliphatic carbocycles. The van der Waals surface area contributed by atoms with E-state index in [0.717, 1.165) is 30.1 Å². The molecule has 1 aromatic rings. The van der Waals surface area contributed by atoms with Crippen molar-refractivity contribution in [3.05, 3.63) is 34.3 Å². The second-order valence-electron chi connectivity index (χ2n) is 8.33. The van der Waals surface area contributed by atoms with Gasteiger partial charge in [-0.3, -0.25) is 4.79 Å². The summed E-state index contributed by atoms with van der Waals surface area (Å²) < 4.78 is 5.00. The first-order chi connectivity index (χ1) is 11.9. The van der Waals surface area contributed by atoms with Crippen LogP contribution in [-0.4, -0.2) is 42.1 Å². The number of carbonyl (C=O) groups is 2. The Morgan fingerprint density at radius 1 is 1.36 bits per heavy atom. The molecule has 2 aliphatic heterocycles. The summed E-state index contributed by atoms with van der Waals surface area (Å²) in [7, 11) is 0. The Balaban J connectivity index is 1.26. The van der Waals surface area contributed by atoms with Crippen molar-refractivity contribution in [2.24, 2.45) is 11.8 Å². The van der Waals surface area contributed by atoms with E-state index in [1.54, 1.807) is 0 Å². The van der Waals surface area contributed by atoms with Crippen molar-refractivity contribution < 1.29 is 14.3 Å². The fraction of sp³-hybridized carbons (Fsp3) is 0.579. The molecular formula is C19H21ClN2O3. The minimum absolute atomic E-state index is 0.0122. The topological polar surface area (TPSA) is 58.6 Å². The SMILES string of the molecule is Cc1ccc(C23CC2CN(C(=O)C2CC4(COC(=O)N4)C2)C3)cc1Cl. The molecule has 6 heteroatoms. The number of hydrogen-bond acceptors (Lipinski definition) is 3. The highest BCUT2D eigenvalue weighted by atomic mass is 35.5. The van der Waals surface area contributed by atoms with Crippen molar-refractivity contribution in [2.45, 2.75) is 37.1 Å². The van der Waals surface area contributed by atoms with E-state index in [0.29, 0.717) is 25.4 Å². The van der Waals surface area contributed by atoms with E-state index in [4.69, 9.17) is 16.3 Å². The van der Waals surface area contributed by atoms with Gasteiger partial charge in [-0.15, -0.1) is 0 Å². The lowest BCUT2D eigenvalue weighted by atomic mass is 9.68. The maximum absolute atomic E-state index is 12.9. The highest BCUT2D eigenvalue weighted by Gasteiger charge is 2.63. The van der Waals surface area contributed by atoms with Crippen LogP contribution in [0.5, 0.6) is 0 Å². The van der Waals surface area contributed by atoms with E-state index in [9.17, 15) is 9.59 Å². The quantitative estimate of drug-likeness (QED) is 0.882. The summed E-state index contributed by atoms with van der Waals surface area (Å²) in [4.78, 5) is 26.1. The number of benzene rings is 1. The normalized spacial score (nSPS) is 38.2. The summed E-state index contributed by atoms with van der Waals surface area (Å²) in [6.07, 6.45) is 2.18. The summed E-state index contributed by atoms with van der Waals surface area (Å²) in [5.74, 6) is 0.800. The summed E-state index contributed by atoms with van der Waals surface area (Å²) in [6, 6.07) is 6.32. The van der Waals surface area contributed by atoms with Gasteiger partial charge in [0.25, 0.3) is 0 Å². The molecule has 2 saturated carbocycles. The van der Waals surface area contributed by atoms with E-state index in [-0.39, 0.29) is 28.9 Å². The van der Waals surface area contributed by atoms with Crippen molar-refractivity contribution in [3.8, 4) is 0 Å². The van der Waals surface area contributed by atoms with Crippen LogP contribution in [0.15, 0.2) is 18.2 Å². The zero-order valence-corrected chi connectivity index (χ0v) is 14.9. The van der Waals surface area contributed by atoms with E-state index in [1.807, 2.05) is 11.8 Å². The molecule has 25 heavy (non-hydrogen) atoms. The third kappa shape index (κ3) is 2.21. The highest BCUT2D eigenvalue weighted by molar-refractivity contribution is 6.31. The molecule has 5 nitrogen and oxygen atoms in total. The first-order valence-corrected chi connectivity index (χ1v) is 9.29. The minimum Gasteiger partial charge on any atom is -0.447 e. The largest absolute Gasteiger partial charge is 0.447 e. The fourth-order valence-corrected chi connectivity index (χ4v) is 5.21. The number of amides is 2. The van der Waals surface area contributed by atoms with Gasteiger partial charge in [-0.1, -0.05) is 23.7 Å². The van der Waals surface area contributed by atoms with Crippen LogP contribution in [0.1, 0.15) is 30.4 Å². The second kappa shape index (κ2) is 4.91. The molecule has 2 amide bonds. The Morgan fingerprint density at radius 2 is 2.16 bits per heavy atom. The van der Waals surface area contributed by atoms with Gasteiger partial charge in [-0.2, -0.15) is 0 Å². The number of likely N-dealkylation sites (tertiary alicyclic amines) is 1. The monoisotopic (exact) mass is 360 g/mol. The zero-order valence-electron chi connectivity index (χ0n) is 14.2. The van der Waals surface area contributed by atoms with Crippen LogP contribution in [-0.2, 0) is 14.9 Å². The third-order valence-electron chi connectivity index (χ3n) is 6.67. The Labute approximate surface area is 151 Å². The van der Waals surface area contributed by atoms with E-state index < -0.39 is 0 Å². The first kappa shape index (κ1) is 15.5. The van der Waals surface area contributed by atoms with E-state index in [1.165, 1.54) is 5.56 Å². The number of piperidine rings is 1. The van der Waals surface area contributed by atoms with Gasteiger partial charge >= 0.3 is 6.09 Å². The Bertz CT molecular complexity index is 789. The van der Waals surface area contributed by atoms with Crippen LogP contribution in [0.4, 0.5) is 4.79 Å². The molecule has 0 bridgehead atoms. The lowest BCUT2D eigenvalue weighted by molar-refractivity contribution is -0.140. The smallest absolute Gasteiger partial charge is 0.407 e. The number of aryl methyl sites for hydroxylation is 1. The van der Waals surface area contributed by atoms with E-state index in [2.05, 4.69) is 23.5 Å². The Hall–Kier alpha value is -1.75. The van der Waals surface area contributed by atoms with Gasteiger partial charge < -0.3 is 15.0 Å². The summed E-state index contributed by atoms with van der Waals surface area (Å²) in [5.41, 5.74) is 2.18. The number of ether oxygens (including phenoxy) is 1. The average Bonchev–Trinajstić information content (AvgIpc) is 2.91. The van der Waals surface area contributed by atoms with Gasteiger partial charge in [0.15, 0.2) is 0 Å². The highest BCUT2D eigenvalue weighted by Crippen LogP contribution is 2.60. The molecule has 1 N–H and O–H groups in total. The van der Waals surface area contributed by atoms with Crippen LogP contribution in [0.2, 0.25) is 5.02 Å². The molecule has 4 fully saturated rings. The summed E-state index contributed by atoms with van der Waals surface area (Å²) in [6.45, 7) is 4.04. The molecule has 2 heterocycles. The summed E-state index contributed by atoms with van der Waals surface area (Å²) in [5, 5.41) is 3.66. The predicted octanol–water partition coefficient (Wildman–Crippen LogP) is 2.64. The van der Waals surface area contributed by atoms with Crippen molar-refractivity contribution in [3.63, 3.8) is 0 Å². The van der Waals surface area contributed by atoms with Crippen molar-refractivity contribution in [1.82, 2.24) is 10.2 Å². The van der Waals surface area contributed by atoms with Gasteiger partial charge in [0.2, 0.25) is 5.91 Å². The van der Waals surface area contributed by atoms with Gasteiger partial charge in [-0.05, 0) is 49.3 Å². The molecule has 4 aliphatic rings. The minimum atomic E-state index is -0.358. The molecular weight excluding hydrogens is 340 g/mol. The molecule has 0 aromatic heterocycles. The molecule has 0 radical (unpaired) electrons. The molecule has 1 aromatic carbocycles. The van der Waals surface area contributed by atoms with Crippen LogP contribution in [0.3, 0.4) is 0 Å². The molecule has 2 unspecified atom stereocenters. The van der Waals surface area contributed by atoms with E-state index >= 15 is 0 Å². The first-order valence-electron chi connectivity index (χ1n) is 8.91. The van der Waals surface area contributed by atoms with Crippen LogP contribution >= 0.6 is 11.6 Å². The van der Waals surface area contributed by atoms with Crippen molar-refractivity contribution in [2.75, 3.05) is 19.7 Å². The maximum atomic E-state index is 12.9. The van der Waals surface area contributed by atoms with Gasteiger partial charge in [-0.25, -0.2) is 4.79 Å². The second-order valence-corrected chi connectivity index (χ2v) is 8.73. The zero-order chi connectivity index (χ0) is 17.4. The molecule has 1 spiro atoms.